The van der Waals surface area contributed by atoms with Crippen molar-refractivity contribution in [2.45, 2.75) is 45.1 Å². The first-order chi connectivity index (χ1) is 10.2. The summed E-state index contributed by atoms with van der Waals surface area (Å²) < 4.78 is 10.6. The van der Waals surface area contributed by atoms with E-state index < -0.39 is 0 Å². The Morgan fingerprint density at radius 1 is 1.19 bits per heavy atom. The first-order valence-corrected chi connectivity index (χ1v) is 7.85. The molecule has 0 bridgehead atoms. The Bertz CT molecular complexity index is 482. The van der Waals surface area contributed by atoms with Gasteiger partial charge in [-0.15, -0.1) is 0 Å². The molecule has 116 valence electrons. The fraction of sp³-hybridized carbons (Fsp3) is 0.556. The average molecular weight is 289 g/mol. The molecule has 0 saturated heterocycles. The quantitative estimate of drug-likeness (QED) is 0.740. The zero-order valence-corrected chi connectivity index (χ0v) is 13.4. The lowest BCUT2D eigenvalue weighted by Gasteiger charge is -2.15. The number of methoxy groups -OCH3 is 2. The summed E-state index contributed by atoms with van der Waals surface area (Å²) in [7, 11) is 3.35. The van der Waals surface area contributed by atoms with Crippen LogP contribution in [0.3, 0.4) is 0 Å². The standard InChI is InChI=1S/C18H27NO2/c1-14(19-11-10-15-6-4-5-7-15)12-16-8-9-17(20-2)18(13-16)21-3/h6,8-9,13-14,19H,4-5,7,10-12H2,1-3H3. The van der Waals surface area contributed by atoms with E-state index in [1.807, 2.05) is 6.07 Å². The molecule has 1 N–H and O–H groups in total. The maximum absolute atomic E-state index is 5.35. The van der Waals surface area contributed by atoms with Crippen molar-refractivity contribution in [3.05, 3.63) is 35.4 Å². The van der Waals surface area contributed by atoms with Crippen LogP contribution in [-0.2, 0) is 6.42 Å². The monoisotopic (exact) mass is 289 g/mol. The van der Waals surface area contributed by atoms with E-state index in [1.54, 1.807) is 19.8 Å². The van der Waals surface area contributed by atoms with Gasteiger partial charge in [0.15, 0.2) is 11.5 Å². The number of hydrogen-bond acceptors (Lipinski definition) is 3. The molecule has 3 nitrogen and oxygen atoms in total. The van der Waals surface area contributed by atoms with Gasteiger partial charge in [0.1, 0.15) is 0 Å². The zero-order chi connectivity index (χ0) is 15.1. The zero-order valence-electron chi connectivity index (χ0n) is 13.4. The average Bonchev–Trinajstić information content (AvgIpc) is 3.00. The predicted molar refractivity (Wildman–Crippen MR) is 87.3 cm³/mol. The fourth-order valence-electron chi connectivity index (χ4n) is 2.88. The van der Waals surface area contributed by atoms with Crippen molar-refractivity contribution in [1.29, 1.82) is 0 Å². The number of ether oxygens (including phenoxy) is 2. The molecule has 1 atom stereocenters. The van der Waals surface area contributed by atoms with E-state index in [1.165, 1.54) is 31.2 Å². The SMILES string of the molecule is COc1ccc(CC(C)NCCC2=CCCC2)cc1OC. The van der Waals surface area contributed by atoms with E-state index in [0.29, 0.717) is 6.04 Å². The summed E-state index contributed by atoms with van der Waals surface area (Å²) in [5, 5.41) is 3.61. The van der Waals surface area contributed by atoms with Crippen molar-refractivity contribution < 1.29 is 9.47 Å². The van der Waals surface area contributed by atoms with Crippen LogP contribution in [0.15, 0.2) is 29.8 Å². The Balaban J connectivity index is 1.80. The van der Waals surface area contributed by atoms with Gasteiger partial charge >= 0.3 is 0 Å². The summed E-state index contributed by atoms with van der Waals surface area (Å²) in [6.07, 6.45) is 8.51. The van der Waals surface area contributed by atoms with Crippen molar-refractivity contribution in [1.82, 2.24) is 5.32 Å². The summed E-state index contributed by atoms with van der Waals surface area (Å²) in [6, 6.07) is 6.62. The maximum Gasteiger partial charge on any atom is 0.160 e. The molecule has 1 aliphatic carbocycles. The van der Waals surface area contributed by atoms with Gasteiger partial charge in [0.25, 0.3) is 0 Å². The second-order valence-electron chi connectivity index (χ2n) is 5.75. The molecule has 0 radical (unpaired) electrons. The molecule has 0 saturated carbocycles. The third-order valence-corrected chi connectivity index (χ3v) is 4.06. The number of benzene rings is 1. The molecule has 3 heteroatoms. The van der Waals surface area contributed by atoms with Gasteiger partial charge in [-0.3, -0.25) is 0 Å². The fourth-order valence-corrected chi connectivity index (χ4v) is 2.88. The van der Waals surface area contributed by atoms with Crippen LogP contribution < -0.4 is 14.8 Å². The molecule has 0 aromatic heterocycles. The molecule has 21 heavy (non-hydrogen) atoms. The van der Waals surface area contributed by atoms with Crippen molar-refractivity contribution in [2.24, 2.45) is 0 Å². The first-order valence-electron chi connectivity index (χ1n) is 7.85. The van der Waals surface area contributed by atoms with E-state index in [0.717, 1.165) is 24.5 Å². The molecular weight excluding hydrogens is 262 g/mol. The van der Waals surface area contributed by atoms with Crippen LogP contribution in [0, 0.1) is 0 Å². The second-order valence-corrected chi connectivity index (χ2v) is 5.75. The van der Waals surface area contributed by atoms with Crippen LogP contribution in [0.2, 0.25) is 0 Å². The van der Waals surface area contributed by atoms with Crippen molar-refractivity contribution in [3.8, 4) is 11.5 Å². The van der Waals surface area contributed by atoms with Gasteiger partial charge in [-0.05, 0) is 63.3 Å². The Morgan fingerprint density at radius 2 is 2.00 bits per heavy atom. The molecule has 0 aliphatic heterocycles. The highest BCUT2D eigenvalue weighted by Crippen LogP contribution is 2.28. The second kappa shape index (κ2) is 8.08. The van der Waals surface area contributed by atoms with Crippen LogP contribution in [0.5, 0.6) is 11.5 Å². The Hall–Kier alpha value is -1.48. The minimum absolute atomic E-state index is 0.463. The van der Waals surface area contributed by atoms with Crippen LogP contribution in [0.25, 0.3) is 0 Å². The molecule has 0 amide bonds. The number of rotatable bonds is 8. The minimum atomic E-state index is 0.463. The molecule has 0 spiro atoms. The molecule has 1 aromatic rings. The van der Waals surface area contributed by atoms with E-state index in [9.17, 15) is 0 Å². The van der Waals surface area contributed by atoms with Gasteiger partial charge in [-0.25, -0.2) is 0 Å². The lowest BCUT2D eigenvalue weighted by Crippen LogP contribution is -2.29. The number of allylic oxidation sites excluding steroid dienone is 1. The molecule has 1 aliphatic rings. The highest BCUT2D eigenvalue weighted by Gasteiger charge is 2.09. The summed E-state index contributed by atoms with van der Waals surface area (Å²) in [5.41, 5.74) is 2.90. The predicted octanol–water partition coefficient (Wildman–Crippen LogP) is 3.72. The summed E-state index contributed by atoms with van der Waals surface area (Å²) in [5.74, 6) is 1.59. The molecule has 1 unspecified atom stereocenters. The minimum Gasteiger partial charge on any atom is -0.493 e. The van der Waals surface area contributed by atoms with Crippen LogP contribution in [0.4, 0.5) is 0 Å². The first kappa shape index (κ1) is 15.9. The van der Waals surface area contributed by atoms with Crippen molar-refractivity contribution in [2.75, 3.05) is 20.8 Å². The molecule has 0 fully saturated rings. The van der Waals surface area contributed by atoms with Gasteiger partial charge < -0.3 is 14.8 Å². The Labute approximate surface area is 128 Å². The highest BCUT2D eigenvalue weighted by atomic mass is 16.5. The van der Waals surface area contributed by atoms with Gasteiger partial charge in [0, 0.05) is 6.04 Å². The van der Waals surface area contributed by atoms with Crippen molar-refractivity contribution in [3.63, 3.8) is 0 Å². The Morgan fingerprint density at radius 3 is 2.67 bits per heavy atom. The summed E-state index contributed by atoms with van der Waals surface area (Å²) in [4.78, 5) is 0. The third-order valence-electron chi connectivity index (χ3n) is 4.06. The van der Waals surface area contributed by atoms with Gasteiger partial charge in [-0.1, -0.05) is 17.7 Å². The summed E-state index contributed by atoms with van der Waals surface area (Å²) >= 11 is 0. The third kappa shape index (κ3) is 4.78. The molecular formula is C18H27NO2. The molecule has 2 rings (SSSR count). The van der Waals surface area contributed by atoms with Gasteiger partial charge in [-0.2, -0.15) is 0 Å². The smallest absolute Gasteiger partial charge is 0.160 e. The van der Waals surface area contributed by atoms with E-state index in [4.69, 9.17) is 9.47 Å². The summed E-state index contributed by atoms with van der Waals surface area (Å²) in [6.45, 7) is 3.31. The lowest BCUT2D eigenvalue weighted by molar-refractivity contribution is 0.354. The number of nitrogens with one attached hydrogen (secondary N) is 1. The van der Waals surface area contributed by atoms with Crippen LogP contribution >= 0.6 is 0 Å². The van der Waals surface area contributed by atoms with Gasteiger partial charge in [0.05, 0.1) is 14.2 Å². The largest absolute Gasteiger partial charge is 0.493 e. The van der Waals surface area contributed by atoms with E-state index in [2.05, 4.69) is 30.4 Å². The lowest BCUT2D eigenvalue weighted by atomic mass is 10.1. The molecule has 0 heterocycles. The highest BCUT2D eigenvalue weighted by molar-refractivity contribution is 5.43. The normalized spacial score (nSPS) is 15.7. The van der Waals surface area contributed by atoms with Gasteiger partial charge in [0.2, 0.25) is 0 Å². The van der Waals surface area contributed by atoms with Crippen molar-refractivity contribution >= 4 is 0 Å². The maximum atomic E-state index is 5.35. The van der Waals surface area contributed by atoms with E-state index in [-0.39, 0.29) is 0 Å². The van der Waals surface area contributed by atoms with Crippen LogP contribution in [0.1, 0.15) is 38.2 Å². The molecule has 1 aromatic carbocycles. The topological polar surface area (TPSA) is 30.5 Å². The number of hydrogen-bond donors (Lipinski definition) is 1. The van der Waals surface area contributed by atoms with Crippen LogP contribution in [-0.4, -0.2) is 26.8 Å². The van der Waals surface area contributed by atoms with E-state index >= 15 is 0 Å². The Kier molecular flexibility index (Phi) is 6.12.